The van der Waals surface area contributed by atoms with Gasteiger partial charge in [-0.05, 0) is 19.8 Å². The second-order valence-electron chi connectivity index (χ2n) is 6.76. The molecule has 1 atom stereocenters. The number of nitrogens with zero attached hydrogens (tertiary/aromatic N) is 4. The molecule has 2 heterocycles. The standard InChI is InChI=1S/C19H23N5OS2/c1-12(2)11-24-16(15-7-5-13(3)6-8-15)22-23-19(24)27-14(4)17(25)21-18-20-9-10-26-18/h5-10,12,14H,11H2,1-4H3,(H,20,21,25)/t14-/m0/s1. The lowest BCUT2D eigenvalue weighted by Crippen LogP contribution is -2.23. The Morgan fingerprint density at radius 1 is 1.22 bits per heavy atom. The fourth-order valence-electron chi connectivity index (χ4n) is 2.53. The van der Waals surface area contributed by atoms with Gasteiger partial charge in [-0.3, -0.25) is 4.79 Å². The van der Waals surface area contributed by atoms with Crippen molar-refractivity contribution in [3.63, 3.8) is 0 Å². The van der Waals surface area contributed by atoms with Crippen LogP contribution in [0.3, 0.4) is 0 Å². The Labute approximate surface area is 167 Å². The van der Waals surface area contributed by atoms with Crippen LogP contribution in [-0.2, 0) is 11.3 Å². The number of amides is 1. The Morgan fingerprint density at radius 2 is 1.96 bits per heavy atom. The largest absolute Gasteiger partial charge is 0.302 e. The van der Waals surface area contributed by atoms with Crippen LogP contribution < -0.4 is 5.32 Å². The monoisotopic (exact) mass is 401 g/mol. The molecule has 3 rings (SSSR count). The van der Waals surface area contributed by atoms with Gasteiger partial charge in [0, 0.05) is 23.7 Å². The second-order valence-corrected chi connectivity index (χ2v) is 8.97. The maximum Gasteiger partial charge on any atom is 0.239 e. The second kappa shape index (κ2) is 8.67. The molecule has 2 aromatic heterocycles. The summed E-state index contributed by atoms with van der Waals surface area (Å²) in [7, 11) is 0. The van der Waals surface area contributed by atoms with Gasteiger partial charge >= 0.3 is 0 Å². The first kappa shape index (κ1) is 19.6. The molecule has 0 unspecified atom stereocenters. The molecule has 8 heteroatoms. The highest BCUT2D eigenvalue weighted by atomic mass is 32.2. The highest BCUT2D eigenvalue weighted by Crippen LogP contribution is 2.28. The van der Waals surface area contributed by atoms with Crippen molar-refractivity contribution in [1.82, 2.24) is 19.7 Å². The van der Waals surface area contributed by atoms with Crippen LogP contribution in [0.15, 0.2) is 41.0 Å². The van der Waals surface area contributed by atoms with Crippen LogP contribution in [-0.4, -0.2) is 30.9 Å². The topological polar surface area (TPSA) is 72.7 Å². The summed E-state index contributed by atoms with van der Waals surface area (Å²) in [4.78, 5) is 16.5. The SMILES string of the molecule is Cc1ccc(-c2nnc(S[C@@H](C)C(=O)Nc3nccs3)n2CC(C)C)cc1. The number of aromatic nitrogens is 4. The maximum atomic E-state index is 12.4. The zero-order valence-corrected chi connectivity index (χ0v) is 17.5. The number of aryl methyl sites for hydroxylation is 1. The molecule has 0 fully saturated rings. The summed E-state index contributed by atoms with van der Waals surface area (Å²) < 4.78 is 2.10. The summed E-state index contributed by atoms with van der Waals surface area (Å²) in [6.07, 6.45) is 1.67. The number of carbonyl (C=O) groups excluding carboxylic acids is 1. The van der Waals surface area contributed by atoms with E-state index in [-0.39, 0.29) is 11.2 Å². The van der Waals surface area contributed by atoms with Gasteiger partial charge in [-0.15, -0.1) is 21.5 Å². The number of hydrogen-bond donors (Lipinski definition) is 1. The van der Waals surface area contributed by atoms with E-state index in [2.05, 4.69) is 70.1 Å². The van der Waals surface area contributed by atoms with Gasteiger partial charge in [0.15, 0.2) is 16.1 Å². The predicted octanol–water partition coefficient (Wildman–Crippen LogP) is 4.49. The molecule has 0 spiro atoms. The number of thioether (sulfide) groups is 1. The van der Waals surface area contributed by atoms with Gasteiger partial charge in [0.05, 0.1) is 5.25 Å². The Kier molecular flexibility index (Phi) is 6.28. The highest BCUT2D eigenvalue weighted by Gasteiger charge is 2.22. The number of rotatable bonds is 7. The molecule has 6 nitrogen and oxygen atoms in total. The zero-order valence-electron chi connectivity index (χ0n) is 15.8. The van der Waals surface area contributed by atoms with Crippen LogP contribution in [0.5, 0.6) is 0 Å². The van der Waals surface area contributed by atoms with Crippen LogP contribution in [0.1, 0.15) is 26.3 Å². The number of thiazole rings is 1. The summed E-state index contributed by atoms with van der Waals surface area (Å²) in [5.74, 6) is 1.17. The normalized spacial score (nSPS) is 12.3. The lowest BCUT2D eigenvalue weighted by molar-refractivity contribution is -0.115. The molecular formula is C19H23N5OS2. The van der Waals surface area contributed by atoms with E-state index in [4.69, 9.17) is 0 Å². The number of benzene rings is 1. The van der Waals surface area contributed by atoms with Crippen molar-refractivity contribution >= 4 is 34.1 Å². The average molecular weight is 402 g/mol. The van der Waals surface area contributed by atoms with E-state index in [1.807, 2.05) is 12.3 Å². The molecule has 27 heavy (non-hydrogen) atoms. The molecule has 0 bridgehead atoms. The average Bonchev–Trinajstić information content (AvgIpc) is 3.26. The first-order valence-electron chi connectivity index (χ1n) is 8.81. The molecule has 0 radical (unpaired) electrons. The van der Waals surface area contributed by atoms with Crippen LogP contribution in [0, 0.1) is 12.8 Å². The van der Waals surface area contributed by atoms with E-state index >= 15 is 0 Å². The molecule has 142 valence electrons. The Morgan fingerprint density at radius 3 is 2.59 bits per heavy atom. The third-order valence-electron chi connectivity index (χ3n) is 3.89. The van der Waals surface area contributed by atoms with Gasteiger partial charge in [0.1, 0.15) is 0 Å². The number of hydrogen-bond acceptors (Lipinski definition) is 6. The fourth-order valence-corrected chi connectivity index (χ4v) is 3.92. The molecule has 1 amide bonds. The molecule has 0 aliphatic rings. The highest BCUT2D eigenvalue weighted by molar-refractivity contribution is 8.00. The molecule has 1 N–H and O–H groups in total. The van der Waals surface area contributed by atoms with E-state index < -0.39 is 0 Å². The molecule has 0 saturated heterocycles. The van der Waals surface area contributed by atoms with Crippen molar-refractivity contribution in [3.05, 3.63) is 41.4 Å². The molecule has 3 aromatic rings. The summed E-state index contributed by atoms with van der Waals surface area (Å²) in [6, 6.07) is 8.26. The van der Waals surface area contributed by atoms with Crippen molar-refractivity contribution in [2.75, 3.05) is 5.32 Å². The zero-order chi connectivity index (χ0) is 19.4. The quantitative estimate of drug-likeness (QED) is 0.591. The fraction of sp³-hybridized carbons (Fsp3) is 0.368. The molecular weight excluding hydrogens is 378 g/mol. The van der Waals surface area contributed by atoms with Gasteiger partial charge in [0.2, 0.25) is 5.91 Å². The van der Waals surface area contributed by atoms with Crippen LogP contribution in [0.2, 0.25) is 0 Å². The van der Waals surface area contributed by atoms with E-state index in [1.165, 1.54) is 28.7 Å². The Hall–Kier alpha value is -2.19. The Bertz CT molecular complexity index is 887. The smallest absolute Gasteiger partial charge is 0.239 e. The maximum absolute atomic E-state index is 12.4. The van der Waals surface area contributed by atoms with Crippen molar-refractivity contribution in [2.45, 2.75) is 44.6 Å². The minimum Gasteiger partial charge on any atom is -0.302 e. The van der Waals surface area contributed by atoms with E-state index in [1.54, 1.807) is 6.20 Å². The lowest BCUT2D eigenvalue weighted by Gasteiger charge is -2.15. The molecule has 0 aliphatic heterocycles. The van der Waals surface area contributed by atoms with E-state index in [9.17, 15) is 4.79 Å². The lowest BCUT2D eigenvalue weighted by atomic mass is 10.1. The Balaban J connectivity index is 1.81. The van der Waals surface area contributed by atoms with E-state index in [0.717, 1.165) is 23.1 Å². The van der Waals surface area contributed by atoms with Gasteiger partial charge in [-0.25, -0.2) is 4.98 Å². The molecule has 0 saturated carbocycles. The summed E-state index contributed by atoms with van der Waals surface area (Å²) in [5, 5.41) is 14.5. The number of anilines is 1. The van der Waals surface area contributed by atoms with Crippen molar-refractivity contribution < 1.29 is 4.79 Å². The first-order chi connectivity index (χ1) is 12.9. The third-order valence-corrected chi connectivity index (χ3v) is 5.66. The summed E-state index contributed by atoms with van der Waals surface area (Å²) in [5.41, 5.74) is 2.23. The van der Waals surface area contributed by atoms with Gasteiger partial charge < -0.3 is 9.88 Å². The molecule has 1 aromatic carbocycles. The first-order valence-corrected chi connectivity index (χ1v) is 10.6. The number of carbonyl (C=O) groups is 1. The number of nitrogens with one attached hydrogen (secondary N) is 1. The predicted molar refractivity (Wildman–Crippen MR) is 111 cm³/mol. The minimum atomic E-state index is -0.310. The van der Waals surface area contributed by atoms with Gasteiger partial charge in [0.25, 0.3) is 0 Å². The van der Waals surface area contributed by atoms with Crippen molar-refractivity contribution in [3.8, 4) is 11.4 Å². The van der Waals surface area contributed by atoms with E-state index in [0.29, 0.717) is 11.0 Å². The summed E-state index contributed by atoms with van der Waals surface area (Å²) >= 11 is 2.82. The van der Waals surface area contributed by atoms with Crippen molar-refractivity contribution in [2.24, 2.45) is 5.92 Å². The van der Waals surface area contributed by atoms with Gasteiger partial charge in [-0.1, -0.05) is 55.4 Å². The van der Waals surface area contributed by atoms with Crippen LogP contribution in [0.4, 0.5) is 5.13 Å². The van der Waals surface area contributed by atoms with Crippen molar-refractivity contribution in [1.29, 1.82) is 0 Å². The third kappa shape index (κ3) is 4.95. The van der Waals surface area contributed by atoms with Crippen LogP contribution >= 0.6 is 23.1 Å². The molecule has 0 aliphatic carbocycles. The van der Waals surface area contributed by atoms with Crippen LogP contribution in [0.25, 0.3) is 11.4 Å². The summed E-state index contributed by atoms with van der Waals surface area (Å²) in [6.45, 7) is 9.04. The minimum absolute atomic E-state index is 0.0917. The van der Waals surface area contributed by atoms with Gasteiger partial charge in [-0.2, -0.15) is 0 Å².